The van der Waals surface area contributed by atoms with Gasteiger partial charge in [0, 0.05) is 65.8 Å². The Balaban J connectivity index is -0.000000192. The predicted octanol–water partition coefficient (Wildman–Crippen LogP) is -10.8. The monoisotopic (exact) mass is 642 g/mol. The van der Waals surface area contributed by atoms with Gasteiger partial charge >= 0.3 is 97.5 Å². The number of rotatable bonds is 23. The fourth-order valence-corrected chi connectivity index (χ4v) is 5.12. The van der Waals surface area contributed by atoms with Gasteiger partial charge in [-0.3, -0.25) is 8.80 Å². The molecule has 0 saturated carbocycles. The van der Waals surface area contributed by atoms with Crippen molar-refractivity contribution in [1.29, 1.82) is 0 Å². The van der Waals surface area contributed by atoms with Crippen LogP contribution in [0.5, 0.6) is 0 Å². The molecule has 0 fully saturated rings. The topological polar surface area (TPSA) is 180 Å². The molecular formula is C23H53N2Na3O10Si2. The summed E-state index contributed by atoms with van der Waals surface area (Å²) >= 11 is 0. The van der Waals surface area contributed by atoms with Gasteiger partial charge in [0.2, 0.25) is 0 Å². The first-order valence-electron chi connectivity index (χ1n) is 13.1. The average molecular weight is 643 g/mol. The Bertz CT molecular complexity index is 510. The molecule has 0 aromatic rings. The van der Waals surface area contributed by atoms with E-state index in [1.807, 2.05) is 13.8 Å². The van der Waals surface area contributed by atoms with Crippen LogP contribution in [0.1, 0.15) is 53.4 Å². The Labute approximate surface area is 311 Å². The van der Waals surface area contributed by atoms with Crippen molar-refractivity contribution in [1.82, 2.24) is 10.6 Å². The second-order valence-electron chi connectivity index (χ2n) is 9.08. The van der Waals surface area contributed by atoms with E-state index >= 15 is 0 Å². The molecule has 4 unspecified atom stereocenters. The van der Waals surface area contributed by atoms with Crippen LogP contribution in [0.25, 0.3) is 0 Å². The number of aliphatic hydroxyl groups excluding tert-OH is 2. The molecule has 0 bridgehead atoms. The first-order chi connectivity index (χ1) is 17.4. The van der Waals surface area contributed by atoms with Gasteiger partial charge in [0.25, 0.3) is 0 Å². The van der Waals surface area contributed by atoms with Gasteiger partial charge < -0.3 is 58.0 Å². The summed E-state index contributed by atoms with van der Waals surface area (Å²) in [5.41, 5.74) is 0. The molecule has 0 aromatic heterocycles. The summed E-state index contributed by atoms with van der Waals surface area (Å²) in [5, 5.41) is 25.6. The van der Waals surface area contributed by atoms with Crippen molar-refractivity contribution in [2.75, 3.05) is 60.8 Å². The van der Waals surface area contributed by atoms with Crippen LogP contribution in [0.15, 0.2) is 0 Å². The third-order valence-electron chi connectivity index (χ3n) is 5.73. The number of ether oxygens (including phenoxy) is 2. The minimum Gasteiger partial charge on any atom is -0.881 e. The van der Waals surface area contributed by atoms with Crippen LogP contribution in [0.3, 0.4) is 0 Å². The zero-order chi connectivity index (χ0) is 28.7. The van der Waals surface area contributed by atoms with E-state index in [4.69, 9.17) is 22.8 Å². The van der Waals surface area contributed by atoms with Crippen molar-refractivity contribution in [3.63, 3.8) is 0 Å². The second kappa shape index (κ2) is 33.3. The molecule has 0 aromatic carbocycles. The van der Waals surface area contributed by atoms with Gasteiger partial charge in [0.15, 0.2) is 0 Å². The van der Waals surface area contributed by atoms with Crippen LogP contribution in [0, 0.1) is 0 Å². The molecule has 0 aliphatic heterocycles. The minimum absolute atomic E-state index is 0. The molecule has 12 nitrogen and oxygen atoms in total. The molecular weight excluding hydrogens is 589 g/mol. The number of aliphatic hydroxyl groups is 2. The zero-order valence-corrected chi connectivity index (χ0v) is 35.0. The van der Waals surface area contributed by atoms with Crippen molar-refractivity contribution in [2.24, 2.45) is 0 Å². The average Bonchev–Trinajstić information content (AvgIpc) is 2.87. The summed E-state index contributed by atoms with van der Waals surface area (Å²) in [4.78, 5) is 31.0. The summed E-state index contributed by atoms with van der Waals surface area (Å²) in [5.74, 6) is 0. The van der Waals surface area contributed by atoms with Gasteiger partial charge in [0.1, 0.15) is 0 Å². The van der Waals surface area contributed by atoms with Crippen LogP contribution in [0.2, 0.25) is 12.1 Å². The van der Waals surface area contributed by atoms with E-state index in [9.17, 15) is 24.6 Å². The smallest absolute Gasteiger partial charge is 0.881 e. The fraction of sp³-hybridized carbons (Fsp3) is 1.00. The van der Waals surface area contributed by atoms with Crippen LogP contribution in [0.4, 0.5) is 0 Å². The minimum atomic E-state index is -4.67. The van der Waals surface area contributed by atoms with Gasteiger partial charge in [-0.25, -0.2) is 0 Å². The Kier molecular flexibility index (Phi) is 43.7. The first-order valence-corrected chi connectivity index (χ1v) is 17.0. The number of nitrogens with one attached hydrogen (secondary N) is 2. The first kappa shape index (κ1) is 52.5. The van der Waals surface area contributed by atoms with Crippen LogP contribution < -0.4 is 114 Å². The Morgan fingerprint density at radius 3 is 1.32 bits per heavy atom. The molecule has 0 radical (unpaired) electrons. The molecule has 4 N–H and O–H groups in total. The molecule has 0 rings (SSSR count). The number of hydrogen-bond acceptors (Lipinski definition) is 12. The second-order valence-corrected chi connectivity index (χ2v) is 14.0. The summed E-state index contributed by atoms with van der Waals surface area (Å²) in [6, 6.07) is 1.10. The fourth-order valence-electron chi connectivity index (χ4n) is 2.86. The van der Waals surface area contributed by atoms with E-state index in [2.05, 4.69) is 24.5 Å². The van der Waals surface area contributed by atoms with Gasteiger partial charge in [-0.1, -0.05) is 13.8 Å². The number of hydrogen-bond donors (Lipinski definition) is 4. The predicted molar refractivity (Wildman–Crippen MR) is 141 cm³/mol. The standard InChI is InChI=1S/C13H31NO5Si.C10H22NO5Si.3Na/c1-6-12(2)14-10-13(15)11-19-8-7-9-20(16-3,17-4)18-5;1-3-9(2)11-7-10(12)8-16-5-4-6-17(13,14)15;;;/h12-15H,6-11H2,1-5H3;9-12H,3-8H2,1-2H3;;;/q;-3;3*+1. The molecule has 4 atom stereocenters. The molecule has 40 heavy (non-hydrogen) atoms. The van der Waals surface area contributed by atoms with E-state index in [0.717, 1.165) is 19.3 Å². The van der Waals surface area contributed by atoms with Gasteiger partial charge in [-0.05, 0) is 39.5 Å². The van der Waals surface area contributed by atoms with E-state index in [1.165, 1.54) is 0 Å². The maximum absolute atomic E-state index is 10.3. The molecule has 0 saturated heterocycles. The van der Waals surface area contributed by atoms with Crippen molar-refractivity contribution in [3.8, 4) is 0 Å². The molecule has 0 aliphatic carbocycles. The van der Waals surface area contributed by atoms with Crippen LogP contribution >= 0.6 is 0 Å². The maximum atomic E-state index is 10.3. The largest absolute Gasteiger partial charge is 1.00 e. The quantitative estimate of drug-likeness (QED) is 0.0612. The van der Waals surface area contributed by atoms with Crippen LogP contribution in [-0.2, 0) is 22.8 Å². The zero-order valence-electron chi connectivity index (χ0n) is 27.0. The van der Waals surface area contributed by atoms with E-state index in [-0.39, 0.29) is 114 Å². The van der Waals surface area contributed by atoms with Crippen molar-refractivity contribution < 1.29 is 136 Å². The molecule has 226 valence electrons. The van der Waals surface area contributed by atoms with Crippen LogP contribution in [-0.4, -0.2) is 113 Å². The summed E-state index contributed by atoms with van der Waals surface area (Å²) in [7, 11) is -2.35. The Morgan fingerprint density at radius 2 is 1.02 bits per heavy atom. The molecule has 17 heteroatoms. The van der Waals surface area contributed by atoms with Crippen molar-refractivity contribution in [2.45, 2.75) is 89.8 Å². The molecule has 0 amide bonds. The summed E-state index contributed by atoms with van der Waals surface area (Å²) in [6.07, 6.45) is 1.92. The Hall–Kier alpha value is 2.95. The molecule has 0 spiro atoms. The van der Waals surface area contributed by atoms with Gasteiger partial charge in [0.05, 0.1) is 25.4 Å². The van der Waals surface area contributed by atoms with E-state index in [0.29, 0.717) is 44.4 Å². The van der Waals surface area contributed by atoms with Gasteiger partial charge in [-0.2, -0.15) is 0 Å². The summed E-state index contributed by atoms with van der Waals surface area (Å²) in [6.45, 7) is 10.5. The van der Waals surface area contributed by atoms with Gasteiger partial charge in [-0.15, -0.1) is 6.04 Å². The third-order valence-corrected chi connectivity index (χ3v) is 9.52. The van der Waals surface area contributed by atoms with Crippen molar-refractivity contribution in [3.05, 3.63) is 0 Å². The van der Waals surface area contributed by atoms with Crippen molar-refractivity contribution >= 4 is 17.6 Å². The van der Waals surface area contributed by atoms with E-state index in [1.54, 1.807) is 21.3 Å². The maximum Gasteiger partial charge on any atom is 1.00 e. The molecule has 0 heterocycles. The Morgan fingerprint density at radius 1 is 0.675 bits per heavy atom. The third kappa shape index (κ3) is 33.8. The molecule has 0 aliphatic rings. The normalized spacial score (nSPS) is 14.4. The van der Waals surface area contributed by atoms with E-state index < -0.39 is 29.8 Å². The summed E-state index contributed by atoms with van der Waals surface area (Å²) < 4.78 is 26.5. The SMILES string of the molecule is CCC(C)NCC(O)COCCC[Si](OC)(OC)OC.CCC(C)NCC(O)COCCC[Si]([O-])([O-])[O-].[Na+].[Na+].[Na+].